The molecule has 0 spiro atoms. The van der Waals surface area contributed by atoms with Crippen LogP contribution in [0.25, 0.3) is 0 Å². The van der Waals surface area contributed by atoms with E-state index in [4.69, 9.17) is 4.74 Å². The van der Waals surface area contributed by atoms with Crippen molar-refractivity contribution in [2.75, 3.05) is 26.5 Å². The first-order valence-corrected chi connectivity index (χ1v) is 14.9. The van der Waals surface area contributed by atoms with Crippen molar-refractivity contribution in [1.29, 1.82) is 0 Å². The average molecular weight is 559 g/mol. The fourth-order valence-corrected chi connectivity index (χ4v) is 7.36. The fraction of sp³-hybridized carbons (Fsp3) is 0.889. The van der Waals surface area contributed by atoms with Gasteiger partial charge in [0.1, 0.15) is 12.1 Å². The van der Waals surface area contributed by atoms with Crippen molar-refractivity contribution in [2.24, 2.45) is 28.1 Å². The largest absolute Gasteiger partial charge is 0.467 e. The van der Waals surface area contributed by atoms with E-state index in [1.165, 1.54) is 18.5 Å². The van der Waals surface area contributed by atoms with E-state index in [1.54, 1.807) is 25.7 Å². The van der Waals surface area contributed by atoms with Crippen LogP contribution in [-0.2, 0) is 24.3 Å². The molecule has 2 aliphatic rings. The minimum absolute atomic E-state index is 0.0172. The molecule has 3 amide bonds. The summed E-state index contributed by atoms with van der Waals surface area (Å²) in [6.45, 7) is 21.1. The third kappa shape index (κ3) is 6.63. The van der Waals surface area contributed by atoms with Crippen LogP contribution in [0.5, 0.6) is 0 Å². The summed E-state index contributed by atoms with van der Waals surface area (Å²) in [5.74, 6) is -0.877. The molecular weight excluding hydrogens is 508 g/mol. The second-order valence-electron chi connectivity index (χ2n) is 14.7. The number of hydrogen-bond acceptors (Lipinski definition) is 6. The normalized spacial score (nSPS) is 24.9. The van der Waals surface area contributed by atoms with Gasteiger partial charge in [0.15, 0.2) is 0 Å². The van der Waals surface area contributed by atoms with Crippen LogP contribution in [0.4, 0.5) is 4.79 Å². The number of likely N-dealkylation sites (tertiary alicyclic amines) is 1. The Morgan fingerprint density at radius 2 is 1.53 bits per heavy atom. The summed E-state index contributed by atoms with van der Waals surface area (Å²) in [4.78, 5) is 41.3. The standard InChI is InChI=1S/C27H50N4O6S/c1-24(2,3)17(15-38(35,36)30(12)26(7,8)9)28-23(34)29-20(25(4,5)6)21(32)31-14-16-18(27(16,10)11)19(31)22(33)37-13/h16-20H,14-15H2,1-13H3,(H2,28,29,34)/t16?,17-,18?,19+,20?/m1/s1. The number of hydrogen-bond donors (Lipinski definition) is 2. The molecule has 11 heteroatoms. The number of urea groups is 1. The number of fused-ring (bicyclic) bond motifs is 1. The lowest BCUT2D eigenvalue weighted by Gasteiger charge is -2.38. The van der Waals surface area contributed by atoms with E-state index in [0.29, 0.717) is 6.54 Å². The molecule has 3 unspecified atom stereocenters. The zero-order valence-corrected chi connectivity index (χ0v) is 26.4. The van der Waals surface area contributed by atoms with Crippen LogP contribution in [0, 0.1) is 28.1 Å². The Kier molecular flexibility index (Phi) is 8.73. The van der Waals surface area contributed by atoms with E-state index in [1.807, 2.05) is 41.5 Å². The Labute approximate surface area is 229 Å². The minimum atomic E-state index is -3.70. The maximum absolute atomic E-state index is 13.8. The van der Waals surface area contributed by atoms with Crippen LogP contribution >= 0.6 is 0 Å². The number of rotatable bonds is 7. The van der Waals surface area contributed by atoms with Crippen LogP contribution in [0.1, 0.15) is 76.2 Å². The van der Waals surface area contributed by atoms with E-state index in [-0.39, 0.29) is 28.9 Å². The molecule has 0 aromatic carbocycles. The van der Waals surface area contributed by atoms with Gasteiger partial charge in [-0.25, -0.2) is 18.0 Å². The van der Waals surface area contributed by atoms with Crippen molar-refractivity contribution in [3.05, 3.63) is 0 Å². The molecule has 2 N–H and O–H groups in total. The number of amides is 3. The van der Waals surface area contributed by atoms with E-state index >= 15 is 0 Å². The van der Waals surface area contributed by atoms with Crippen LogP contribution in [0.15, 0.2) is 0 Å². The van der Waals surface area contributed by atoms with Gasteiger partial charge < -0.3 is 20.3 Å². The van der Waals surface area contributed by atoms with Crippen LogP contribution in [-0.4, -0.2) is 85.7 Å². The SMILES string of the molecule is COC(=O)[C@@H]1C2C(CN1C(=O)C(NC(=O)N[C@H](CS(=O)(=O)N(C)C(C)(C)C)C(C)(C)C)C(C)(C)C)C2(C)C. The Morgan fingerprint density at radius 1 is 1.00 bits per heavy atom. The summed E-state index contributed by atoms with van der Waals surface area (Å²) in [5.41, 5.74) is -1.92. The molecule has 0 aromatic rings. The van der Waals surface area contributed by atoms with Gasteiger partial charge in [-0.15, -0.1) is 0 Å². The van der Waals surface area contributed by atoms with Gasteiger partial charge in [-0.3, -0.25) is 4.79 Å². The second-order valence-corrected chi connectivity index (χ2v) is 16.7. The molecule has 1 saturated carbocycles. The van der Waals surface area contributed by atoms with Gasteiger partial charge in [0.25, 0.3) is 0 Å². The number of ether oxygens (including phenoxy) is 1. The van der Waals surface area contributed by atoms with Crippen molar-refractivity contribution in [1.82, 2.24) is 19.8 Å². The first-order valence-electron chi connectivity index (χ1n) is 13.3. The summed E-state index contributed by atoms with van der Waals surface area (Å²) < 4.78 is 32.6. The van der Waals surface area contributed by atoms with E-state index in [0.717, 1.165) is 0 Å². The molecule has 2 fully saturated rings. The predicted molar refractivity (Wildman–Crippen MR) is 148 cm³/mol. The maximum atomic E-state index is 13.8. The van der Waals surface area contributed by atoms with Gasteiger partial charge in [0, 0.05) is 25.0 Å². The Bertz CT molecular complexity index is 1040. The van der Waals surface area contributed by atoms with E-state index in [9.17, 15) is 22.8 Å². The number of nitrogens with zero attached hydrogens (tertiary/aromatic N) is 2. The topological polar surface area (TPSA) is 125 Å². The fourth-order valence-electron chi connectivity index (χ4n) is 5.30. The summed E-state index contributed by atoms with van der Waals surface area (Å²) >= 11 is 0. The summed E-state index contributed by atoms with van der Waals surface area (Å²) in [7, 11) is -0.851. The van der Waals surface area contributed by atoms with Gasteiger partial charge in [-0.1, -0.05) is 55.4 Å². The first-order chi connectivity index (χ1) is 16.9. The molecule has 1 saturated heterocycles. The Morgan fingerprint density at radius 3 is 1.95 bits per heavy atom. The number of sulfonamides is 1. The molecule has 38 heavy (non-hydrogen) atoms. The number of carbonyl (C=O) groups is 3. The lowest BCUT2D eigenvalue weighted by molar-refractivity contribution is -0.154. The van der Waals surface area contributed by atoms with Crippen molar-refractivity contribution < 1.29 is 27.5 Å². The molecular formula is C27H50N4O6S. The molecule has 220 valence electrons. The zero-order chi connectivity index (χ0) is 29.8. The van der Waals surface area contributed by atoms with Gasteiger partial charge >= 0.3 is 12.0 Å². The molecule has 0 aromatic heterocycles. The van der Waals surface area contributed by atoms with Gasteiger partial charge in [-0.05, 0) is 42.9 Å². The van der Waals surface area contributed by atoms with E-state index in [2.05, 4.69) is 24.5 Å². The minimum Gasteiger partial charge on any atom is -0.467 e. The van der Waals surface area contributed by atoms with Crippen LogP contribution < -0.4 is 10.6 Å². The number of piperidine rings is 1. The Balaban J connectivity index is 2.26. The molecule has 1 aliphatic heterocycles. The highest BCUT2D eigenvalue weighted by Gasteiger charge is 2.70. The Hall–Kier alpha value is -1.88. The molecule has 1 heterocycles. The van der Waals surface area contributed by atoms with Crippen LogP contribution in [0.2, 0.25) is 0 Å². The number of methoxy groups -OCH3 is 1. The summed E-state index contributed by atoms with van der Waals surface area (Å²) in [6, 6.07) is -2.99. The number of carbonyl (C=O) groups excluding carboxylic acids is 3. The number of esters is 1. The van der Waals surface area contributed by atoms with E-state index < -0.39 is 56.5 Å². The lowest BCUT2D eigenvalue weighted by Crippen LogP contribution is -2.61. The predicted octanol–water partition coefficient (Wildman–Crippen LogP) is 2.83. The quantitative estimate of drug-likeness (QED) is 0.463. The number of nitrogens with one attached hydrogen (secondary N) is 2. The van der Waals surface area contributed by atoms with Gasteiger partial charge in [0.05, 0.1) is 18.9 Å². The summed E-state index contributed by atoms with van der Waals surface area (Å²) in [5, 5.41) is 5.63. The van der Waals surface area contributed by atoms with Crippen molar-refractivity contribution in [2.45, 2.75) is 99.8 Å². The van der Waals surface area contributed by atoms with Crippen molar-refractivity contribution in [3.8, 4) is 0 Å². The molecule has 10 nitrogen and oxygen atoms in total. The first kappa shape index (κ1) is 32.3. The van der Waals surface area contributed by atoms with Gasteiger partial charge in [-0.2, -0.15) is 4.31 Å². The highest BCUT2D eigenvalue weighted by molar-refractivity contribution is 7.89. The molecule has 1 aliphatic carbocycles. The summed E-state index contributed by atoms with van der Waals surface area (Å²) in [6.07, 6.45) is 0. The molecule has 2 rings (SSSR count). The highest BCUT2D eigenvalue weighted by Crippen LogP contribution is 2.65. The van der Waals surface area contributed by atoms with Gasteiger partial charge in [0.2, 0.25) is 15.9 Å². The third-order valence-electron chi connectivity index (χ3n) is 8.41. The van der Waals surface area contributed by atoms with Crippen LogP contribution in [0.3, 0.4) is 0 Å². The maximum Gasteiger partial charge on any atom is 0.328 e. The van der Waals surface area contributed by atoms with Crippen molar-refractivity contribution >= 4 is 27.9 Å². The molecule has 0 bridgehead atoms. The molecule has 5 atom stereocenters. The average Bonchev–Trinajstić information content (AvgIpc) is 3.07. The molecule has 0 radical (unpaired) electrons. The highest BCUT2D eigenvalue weighted by atomic mass is 32.2. The lowest BCUT2D eigenvalue weighted by atomic mass is 9.85. The second kappa shape index (κ2) is 10.3. The smallest absolute Gasteiger partial charge is 0.328 e. The zero-order valence-electron chi connectivity index (χ0n) is 25.6. The van der Waals surface area contributed by atoms with Crippen molar-refractivity contribution in [3.63, 3.8) is 0 Å². The third-order valence-corrected chi connectivity index (χ3v) is 10.5. The monoisotopic (exact) mass is 558 g/mol.